The van der Waals surface area contributed by atoms with Crippen molar-refractivity contribution < 1.29 is 23.4 Å². The van der Waals surface area contributed by atoms with Crippen LogP contribution in [-0.4, -0.2) is 42.3 Å². The molecule has 2 saturated carbocycles. The highest BCUT2D eigenvalue weighted by Crippen LogP contribution is 2.65. The second-order valence-electron chi connectivity index (χ2n) is 13.1. The van der Waals surface area contributed by atoms with E-state index in [-0.39, 0.29) is 22.5 Å². The van der Waals surface area contributed by atoms with Crippen LogP contribution in [0.2, 0.25) is 0 Å². The molecule has 3 aliphatic rings. The van der Waals surface area contributed by atoms with Crippen LogP contribution in [0.5, 0.6) is 11.5 Å². The lowest BCUT2D eigenvalue weighted by atomic mass is 9.51. The van der Waals surface area contributed by atoms with Crippen LogP contribution in [0.3, 0.4) is 0 Å². The quantitative estimate of drug-likeness (QED) is 0.281. The van der Waals surface area contributed by atoms with Gasteiger partial charge >= 0.3 is 0 Å². The highest BCUT2D eigenvalue weighted by molar-refractivity contribution is 7.91. The fourth-order valence-electron chi connectivity index (χ4n) is 8.30. The van der Waals surface area contributed by atoms with Crippen LogP contribution >= 0.6 is 0 Å². The van der Waals surface area contributed by atoms with Crippen LogP contribution < -0.4 is 4.74 Å². The number of fused-ring (bicyclic) bond motifs is 5. The van der Waals surface area contributed by atoms with Crippen molar-refractivity contribution in [1.29, 1.82) is 0 Å². The predicted octanol–water partition coefficient (Wildman–Crippen LogP) is 7.16. The van der Waals surface area contributed by atoms with Crippen molar-refractivity contribution in [3.63, 3.8) is 0 Å². The van der Waals surface area contributed by atoms with Gasteiger partial charge in [-0.3, -0.25) is 0 Å². The van der Waals surface area contributed by atoms with E-state index in [1.54, 1.807) is 0 Å². The van der Waals surface area contributed by atoms with Crippen molar-refractivity contribution in [2.24, 2.45) is 17.3 Å². The number of aliphatic hydroxyl groups excluding tert-OH is 1. The summed E-state index contributed by atoms with van der Waals surface area (Å²) >= 11 is 0. The molecule has 1 unspecified atom stereocenters. The lowest BCUT2D eigenvalue weighted by Gasteiger charge is -2.54. The molecule has 0 saturated heterocycles. The highest BCUT2D eigenvalue weighted by atomic mass is 32.2. The van der Waals surface area contributed by atoms with Gasteiger partial charge in [0.15, 0.2) is 9.84 Å². The van der Waals surface area contributed by atoms with E-state index in [2.05, 4.69) is 44.2 Å². The van der Waals surface area contributed by atoms with Gasteiger partial charge in [-0.2, -0.15) is 0 Å². The third kappa shape index (κ3) is 5.81. The maximum atomic E-state index is 12.5. The molecule has 220 valence electrons. The first-order valence-electron chi connectivity index (χ1n) is 15.6. The number of hydrogen-bond donors (Lipinski definition) is 2. The maximum absolute atomic E-state index is 12.5. The van der Waals surface area contributed by atoms with Crippen LogP contribution in [0.1, 0.15) is 107 Å². The molecule has 2 N–H and O–H groups in total. The molecule has 0 amide bonds. The molecule has 2 aromatic carbocycles. The lowest BCUT2D eigenvalue weighted by Crippen LogP contribution is -2.47. The molecular weight excluding hydrogens is 520 g/mol. The minimum Gasteiger partial charge on any atom is -0.508 e. The van der Waals surface area contributed by atoms with Crippen molar-refractivity contribution in [2.45, 2.75) is 108 Å². The highest BCUT2D eigenvalue weighted by Gasteiger charge is 2.57. The molecule has 5 nitrogen and oxygen atoms in total. The first-order valence-corrected chi connectivity index (χ1v) is 17.3. The van der Waals surface area contributed by atoms with Crippen LogP contribution in [0.4, 0.5) is 0 Å². The number of hydrogen-bond acceptors (Lipinski definition) is 5. The van der Waals surface area contributed by atoms with Gasteiger partial charge in [0.05, 0.1) is 23.7 Å². The van der Waals surface area contributed by atoms with Gasteiger partial charge in [-0.05, 0) is 128 Å². The Hall–Kier alpha value is -2.05. The number of aromatic hydroxyl groups is 1. The minimum absolute atomic E-state index is 0.0665. The zero-order valence-electron chi connectivity index (χ0n) is 24.5. The lowest BCUT2D eigenvalue weighted by molar-refractivity contribution is -0.0323. The van der Waals surface area contributed by atoms with Crippen LogP contribution in [0.15, 0.2) is 42.5 Å². The van der Waals surface area contributed by atoms with E-state index in [0.29, 0.717) is 48.9 Å². The summed E-state index contributed by atoms with van der Waals surface area (Å²) < 4.78 is 31.0. The molecule has 0 heterocycles. The van der Waals surface area contributed by atoms with Crippen molar-refractivity contribution in [3.8, 4) is 11.5 Å². The molecular formula is C34H48O5S. The van der Waals surface area contributed by atoms with E-state index in [0.717, 1.165) is 57.1 Å². The SMILES string of the molecule is CCCCCS(=O)(=O)C(C)CCCOc1ccc([C@H]2C[C@]3(C)[C@@H](O)CC[C@H]3[C@@H]3CCc4cc(O)ccc4[C@H]32)cc1. The fourth-order valence-corrected chi connectivity index (χ4v) is 9.83. The maximum Gasteiger partial charge on any atom is 0.152 e. The van der Waals surface area contributed by atoms with E-state index >= 15 is 0 Å². The molecule has 40 heavy (non-hydrogen) atoms. The largest absolute Gasteiger partial charge is 0.508 e. The molecule has 0 spiro atoms. The molecule has 0 aliphatic heterocycles. The number of phenols is 1. The Labute approximate surface area is 241 Å². The van der Waals surface area contributed by atoms with Gasteiger partial charge in [0, 0.05) is 0 Å². The summed E-state index contributed by atoms with van der Waals surface area (Å²) in [6, 6.07) is 14.4. The zero-order chi connectivity index (χ0) is 28.5. The third-order valence-corrected chi connectivity index (χ3v) is 13.0. The summed E-state index contributed by atoms with van der Waals surface area (Å²) in [5.41, 5.74) is 3.87. The molecule has 0 aromatic heterocycles. The Morgan fingerprint density at radius 3 is 2.58 bits per heavy atom. The van der Waals surface area contributed by atoms with Gasteiger partial charge in [0.25, 0.3) is 0 Å². The second-order valence-corrected chi connectivity index (χ2v) is 15.6. The van der Waals surface area contributed by atoms with Crippen molar-refractivity contribution >= 4 is 9.84 Å². The van der Waals surface area contributed by atoms with E-state index in [9.17, 15) is 18.6 Å². The van der Waals surface area contributed by atoms with Gasteiger partial charge < -0.3 is 14.9 Å². The number of aryl methyl sites for hydroxylation is 1. The average molecular weight is 569 g/mol. The summed E-state index contributed by atoms with van der Waals surface area (Å²) in [6.45, 7) is 6.73. The van der Waals surface area contributed by atoms with Crippen LogP contribution in [0, 0.1) is 17.3 Å². The molecule has 6 heteroatoms. The Kier molecular flexibility index (Phi) is 8.87. The van der Waals surface area contributed by atoms with E-state index in [1.807, 2.05) is 19.1 Å². The number of aliphatic hydroxyl groups is 1. The number of benzene rings is 2. The van der Waals surface area contributed by atoms with Crippen molar-refractivity contribution in [3.05, 3.63) is 59.2 Å². The van der Waals surface area contributed by atoms with Gasteiger partial charge in [0.2, 0.25) is 0 Å². The number of phenolic OH excluding ortho intramolecular Hbond substituents is 1. The topological polar surface area (TPSA) is 83.8 Å². The average Bonchev–Trinajstić information content (AvgIpc) is 3.24. The van der Waals surface area contributed by atoms with Crippen LogP contribution in [0.25, 0.3) is 0 Å². The zero-order valence-corrected chi connectivity index (χ0v) is 25.3. The number of unbranched alkanes of at least 4 members (excludes halogenated alkanes) is 2. The third-order valence-electron chi connectivity index (χ3n) is 10.6. The van der Waals surface area contributed by atoms with Crippen molar-refractivity contribution in [1.82, 2.24) is 0 Å². The first-order chi connectivity index (χ1) is 19.1. The standard InChI is InChI=1S/C34H48O5S/c1-4-5-6-20-40(37,38)23(2)8-7-19-39-27-13-9-24(10-14-27)30-22-34(3)31(17-18-32(34)36)29-15-11-25-21-26(35)12-16-28(25)33(29)30/h9-10,12-14,16,21,23,29-33,35-36H,4-8,11,15,17-20,22H2,1-3H3/t23?,29-,30+,31-,32-,33+,34-/m0/s1. The summed E-state index contributed by atoms with van der Waals surface area (Å²) in [5.74, 6) is 3.20. The minimum atomic E-state index is -3.03. The molecule has 2 fully saturated rings. The number of ether oxygens (including phenoxy) is 1. The smallest absolute Gasteiger partial charge is 0.152 e. The van der Waals surface area contributed by atoms with Gasteiger partial charge in [-0.15, -0.1) is 0 Å². The van der Waals surface area contributed by atoms with E-state index in [1.165, 1.54) is 16.7 Å². The number of sulfone groups is 1. The molecule has 3 aliphatic carbocycles. The fraction of sp³-hybridized carbons (Fsp3) is 0.647. The Balaban J connectivity index is 1.27. The molecule has 2 aromatic rings. The molecule has 5 rings (SSSR count). The summed E-state index contributed by atoms with van der Waals surface area (Å²) in [7, 11) is -3.03. The Morgan fingerprint density at radius 2 is 1.82 bits per heavy atom. The second kappa shape index (κ2) is 12.1. The normalized spacial score (nSPS) is 30.2. The number of rotatable bonds is 11. The van der Waals surface area contributed by atoms with E-state index in [4.69, 9.17) is 4.74 Å². The Morgan fingerprint density at radius 1 is 1.05 bits per heavy atom. The summed E-state index contributed by atoms with van der Waals surface area (Å²) in [6.07, 6.45) is 8.88. The molecule has 7 atom stereocenters. The summed E-state index contributed by atoms with van der Waals surface area (Å²) in [5, 5.41) is 20.9. The monoisotopic (exact) mass is 568 g/mol. The van der Waals surface area contributed by atoms with Gasteiger partial charge in [-0.25, -0.2) is 8.42 Å². The first kappa shape index (κ1) is 29.4. The summed E-state index contributed by atoms with van der Waals surface area (Å²) in [4.78, 5) is 0. The molecule has 0 bridgehead atoms. The predicted molar refractivity (Wildman–Crippen MR) is 161 cm³/mol. The van der Waals surface area contributed by atoms with Gasteiger partial charge in [-0.1, -0.05) is 44.9 Å². The Bertz CT molecular complexity index is 1260. The van der Waals surface area contributed by atoms with E-state index < -0.39 is 9.84 Å². The molecule has 0 radical (unpaired) electrons. The van der Waals surface area contributed by atoms with Crippen LogP contribution in [-0.2, 0) is 16.3 Å². The van der Waals surface area contributed by atoms with Crippen molar-refractivity contribution in [2.75, 3.05) is 12.4 Å². The van der Waals surface area contributed by atoms with Gasteiger partial charge in [0.1, 0.15) is 11.5 Å².